The molecule has 0 saturated carbocycles. The number of nitrogens with one attached hydrogen (secondary N) is 1. The van der Waals surface area contributed by atoms with Crippen LogP contribution in [0.3, 0.4) is 0 Å². The Bertz CT molecular complexity index is 1130. The van der Waals surface area contributed by atoms with Gasteiger partial charge in [-0.2, -0.15) is 5.10 Å². The molecule has 152 valence electrons. The Labute approximate surface area is 179 Å². The van der Waals surface area contributed by atoms with Gasteiger partial charge in [-0.25, -0.2) is 19.0 Å². The molecule has 2 aromatic heterocycles. The summed E-state index contributed by atoms with van der Waals surface area (Å²) in [6.45, 7) is 4.21. The zero-order chi connectivity index (χ0) is 20.9. The molecule has 0 aliphatic rings. The van der Waals surface area contributed by atoms with Gasteiger partial charge in [0.15, 0.2) is 0 Å². The number of rotatable bonds is 7. The van der Waals surface area contributed by atoms with Crippen LogP contribution < -0.4 is 5.32 Å². The summed E-state index contributed by atoms with van der Waals surface area (Å²) >= 11 is 1.73. The predicted molar refractivity (Wildman–Crippen MR) is 120 cm³/mol. The van der Waals surface area contributed by atoms with E-state index in [1.807, 2.05) is 41.1 Å². The zero-order valence-electron chi connectivity index (χ0n) is 16.8. The second kappa shape index (κ2) is 9.09. The summed E-state index contributed by atoms with van der Waals surface area (Å²) in [4.78, 5) is 9.03. The van der Waals surface area contributed by atoms with Crippen molar-refractivity contribution in [1.82, 2.24) is 19.7 Å². The number of thioether (sulfide) groups is 1. The molecule has 2 aromatic carbocycles. The quantitative estimate of drug-likeness (QED) is 0.371. The Kier molecular flexibility index (Phi) is 6.09. The van der Waals surface area contributed by atoms with E-state index in [2.05, 4.69) is 24.1 Å². The van der Waals surface area contributed by atoms with Crippen molar-refractivity contribution in [2.24, 2.45) is 0 Å². The van der Waals surface area contributed by atoms with Gasteiger partial charge in [0.2, 0.25) is 5.95 Å². The number of aromatic nitrogens is 4. The lowest BCUT2D eigenvalue weighted by molar-refractivity contribution is 0.628. The van der Waals surface area contributed by atoms with E-state index in [1.54, 1.807) is 30.1 Å². The van der Waals surface area contributed by atoms with Crippen molar-refractivity contribution in [3.63, 3.8) is 0 Å². The van der Waals surface area contributed by atoms with Gasteiger partial charge in [-0.3, -0.25) is 0 Å². The molecule has 0 atom stereocenters. The molecule has 2 heterocycles. The lowest BCUT2D eigenvalue weighted by Crippen LogP contribution is -2.00. The summed E-state index contributed by atoms with van der Waals surface area (Å²) in [7, 11) is 0. The van der Waals surface area contributed by atoms with E-state index in [1.165, 1.54) is 12.1 Å². The van der Waals surface area contributed by atoms with Crippen molar-refractivity contribution in [3.05, 3.63) is 78.4 Å². The Morgan fingerprint density at radius 3 is 2.53 bits per heavy atom. The SMILES string of the molecule is CCCSc1nn(-c2ccccc2)c(C)c1-c1ccnc(Nc2ccc(F)cc2)n1. The van der Waals surface area contributed by atoms with Gasteiger partial charge < -0.3 is 5.32 Å². The summed E-state index contributed by atoms with van der Waals surface area (Å²) in [5.41, 5.74) is 4.56. The maximum Gasteiger partial charge on any atom is 0.227 e. The van der Waals surface area contributed by atoms with Gasteiger partial charge in [-0.05, 0) is 61.6 Å². The Hall–Kier alpha value is -3.19. The van der Waals surface area contributed by atoms with Gasteiger partial charge in [0.05, 0.1) is 22.6 Å². The second-order valence-corrected chi connectivity index (χ2v) is 7.84. The first-order valence-corrected chi connectivity index (χ1v) is 10.8. The van der Waals surface area contributed by atoms with Gasteiger partial charge in [0, 0.05) is 11.9 Å². The van der Waals surface area contributed by atoms with Crippen LogP contribution in [-0.2, 0) is 0 Å². The summed E-state index contributed by atoms with van der Waals surface area (Å²) in [5.74, 6) is 1.15. The predicted octanol–water partition coefficient (Wildman–Crippen LogP) is 6.02. The third-order valence-electron chi connectivity index (χ3n) is 4.54. The molecule has 7 heteroatoms. The van der Waals surface area contributed by atoms with Crippen molar-refractivity contribution in [1.29, 1.82) is 0 Å². The highest BCUT2D eigenvalue weighted by molar-refractivity contribution is 7.99. The standard InChI is InChI=1S/C23H22FN5S/c1-3-15-30-22-21(16(2)29(28-22)19-7-5-4-6-8-19)20-13-14-25-23(27-20)26-18-11-9-17(24)10-12-18/h4-14H,3,15H2,1-2H3,(H,25,26,27). The minimum absolute atomic E-state index is 0.281. The van der Waals surface area contributed by atoms with Gasteiger partial charge in [0.25, 0.3) is 0 Å². The molecular weight excluding hydrogens is 397 g/mol. The number of anilines is 2. The summed E-state index contributed by atoms with van der Waals surface area (Å²) in [6, 6.07) is 18.1. The normalized spacial score (nSPS) is 10.9. The molecule has 0 radical (unpaired) electrons. The molecule has 0 bridgehead atoms. The smallest absolute Gasteiger partial charge is 0.227 e. The van der Waals surface area contributed by atoms with Crippen molar-refractivity contribution in [2.45, 2.75) is 25.3 Å². The van der Waals surface area contributed by atoms with Crippen molar-refractivity contribution < 1.29 is 4.39 Å². The first kappa shape index (κ1) is 20.1. The number of hydrogen-bond acceptors (Lipinski definition) is 5. The van der Waals surface area contributed by atoms with Crippen molar-refractivity contribution in [2.75, 3.05) is 11.1 Å². The third-order valence-corrected chi connectivity index (χ3v) is 5.71. The molecule has 4 rings (SSSR count). The number of para-hydroxylation sites is 1. The van der Waals surface area contributed by atoms with Gasteiger partial charge in [-0.15, -0.1) is 11.8 Å². The van der Waals surface area contributed by atoms with E-state index in [-0.39, 0.29) is 5.82 Å². The highest BCUT2D eigenvalue weighted by Crippen LogP contribution is 2.34. The number of nitrogens with zero attached hydrogens (tertiary/aromatic N) is 4. The van der Waals surface area contributed by atoms with Crippen LogP contribution in [0.15, 0.2) is 71.9 Å². The Balaban J connectivity index is 1.73. The van der Waals surface area contributed by atoms with Crippen LogP contribution in [0.2, 0.25) is 0 Å². The first-order valence-electron chi connectivity index (χ1n) is 9.79. The summed E-state index contributed by atoms with van der Waals surface area (Å²) in [5, 5.41) is 8.96. The molecule has 30 heavy (non-hydrogen) atoms. The molecule has 1 N–H and O–H groups in total. The average molecular weight is 420 g/mol. The van der Waals surface area contributed by atoms with Crippen LogP contribution >= 0.6 is 11.8 Å². The molecule has 0 amide bonds. The van der Waals surface area contributed by atoms with E-state index in [9.17, 15) is 4.39 Å². The lowest BCUT2D eigenvalue weighted by atomic mass is 10.2. The first-order chi connectivity index (χ1) is 14.7. The topological polar surface area (TPSA) is 55.6 Å². The molecule has 0 saturated heterocycles. The van der Waals surface area contributed by atoms with Crippen LogP contribution in [-0.4, -0.2) is 25.5 Å². The van der Waals surface area contributed by atoms with E-state index >= 15 is 0 Å². The fraction of sp³-hybridized carbons (Fsp3) is 0.174. The largest absolute Gasteiger partial charge is 0.324 e. The van der Waals surface area contributed by atoms with Crippen LogP contribution in [0.5, 0.6) is 0 Å². The molecule has 0 aliphatic heterocycles. The molecule has 4 aromatic rings. The maximum atomic E-state index is 13.2. The van der Waals surface area contributed by atoms with Crippen LogP contribution in [0, 0.1) is 12.7 Å². The number of benzene rings is 2. The second-order valence-electron chi connectivity index (χ2n) is 6.76. The number of hydrogen-bond donors (Lipinski definition) is 1. The minimum atomic E-state index is -0.281. The van der Waals surface area contributed by atoms with Crippen LogP contribution in [0.1, 0.15) is 19.0 Å². The Morgan fingerprint density at radius 2 is 1.80 bits per heavy atom. The fourth-order valence-electron chi connectivity index (χ4n) is 3.11. The van der Waals surface area contributed by atoms with E-state index in [0.29, 0.717) is 5.95 Å². The van der Waals surface area contributed by atoms with Crippen molar-refractivity contribution in [3.8, 4) is 16.9 Å². The summed E-state index contributed by atoms with van der Waals surface area (Å²) in [6.07, 6.45) is 2.78. The number of halogens is 1. The lowest BCUT2D eigenvalue weighted by Gasteiger charge is -2.08. The minimum Gasteiger partial charge on any atom is -0.324 e. The van der Waals surface area contributed by atoms with Crippen molar-refractivity contribution >= 4 is 23.4 Å². The Morgan fingerprint density at radius 1 is 1.03 bits per heavy atom. The zero-order valence-corrected chi connectivity index (χ0v) is 17.7. The third kappa shape index (κ3) is 4.36. The average Bonchev–Trinajstić information content (AvgIpc) is 3.11. The molecule has 0 unspecified atom stereocenters. The van der Waals surface area contributed by atoms with Crippen LogP contribution in [0.4, 0.5) is 16.0 Å². The van der Waals surface area contributed by atoms with E-state index in [4.69, 9.17) is 10.1 Å². The monoisotopic (exact) mass is 419 g/mol. The van der Waals surface area contributed by atoms with Gasteiger partial charge in [0.1, 0.15) is 10.8 Å². The van der Waals surface area contributed by atoms with E-state index < -0.39 is 0 Å². The highest BCUT2D eigenvalue weighted by atomic mass is 32.2. The summed E-state index contributed by atoms with van der Waals surface area (Å²) < 4.78 is 15.1. The van der Waals surface area contributed by atoms with Crippen LogP contribution in [0.25, 0.3) is 16.9 Å². The molecular formula is C23H22FN5S. The molecule has 0 fully saturated rings. The molecule has 0 spiro atoms. The van der Waals surface area contributed by atoms with E-state index in [0.717, 1.165) is 45.5 Å². The fourth-order valence-corrected chi connectivity index (χ4v) is 4.05. The maximum absolute atomic E-state index is 13.2. The van der Waals surface area contributed by atoms with Gasteiger partial charge >= 0.3 is 0 Å². The molecule has 5 nitrogen and oxygen atoms in total. The molecule has 0 aliphatic carbocycles. The van der Waals surface area contributed by atoms with Gasteiger partial charge in [-0.1, -0.05) is 25.1 Å². The highest BCUT2D eigenvalue weighted by Gasteiger charge is 2.19.